The van der Waals surface area contributed by atoms with Crippen LogP contribution in [0.25, 0.3) is 6.08 Å². The van der Waals surface area contributed by atoms with Crippen molar-refractivity contribution in [3.05, 3.63) is 65.4 Å². The molecule has 0 atom stereocenters. The predicted molar refractivity (Wildman–Crippen MR) is 140 cm³/mol. The number of nitrogens with zero attached hydrogens (tertiary/aromatic N) is 5. The molecule has 8 nitrogen and oxygen atoms in total. The van der Waals surface area contributed by atoms with E-state index in [1.807, 2.05) is 41.3 Å². The van der Waals surface area contributed by atoms with Gasteiger partial charge in [0.1, 0.15) is 11.5 Å². The van der Waals surface area contributed by atoms with Crippen LogP contribution < -0.4 is 5.32 Å². The van der Waals surface area contributed by atoms with Gasteiger partial charge in [-0.15, -0.1) is 0 Å². The van der Waals surface area contributed by atoms with Gasteiger partial charge in [0.05, 0.1) is 0 Å². The van der Waals surface area contributed by atoms with Crippen LogP contribution >= 0.6 is 0 Å². The lowest BCUT2D eigenvalue weighted by atomic mass is 10.1. The number of hydrogen-bond acceptors (Lipinski definition) is 7. The Morgan fingerprint density at radius 1 is 0.886 bits per heavy atom. The van der Waals surface area contributed by atoms with E-state index in [0.29, 0.717) is 17.1 Å². The maximum atomic E-state index is 12.7. The smallest absolute Gasteiger partial charge is 0.253 e. The van der Waals surface area contributed by atoms with E-state index in [-0.39, 0.29) is 11.7 Å². The van der Waals surface area contributed by atoms with E-state index in [2.05, 4.69) is 39.1 Å². The summed E-state index contributed by atoms with van der Waals surface area (Å²) >= 11 is 0. The molecule has 1 amide bonds. The number of nitrogens with one attached hydrogen (secondary N) is 1. The quantitative estimate of drug-likeness (QED) is 0.462. The van der Waals surface area contributed by atoms with Gasteiger partial charge in [-0.1, -0.05) is 24.3 Å². The number of pyridine rings is 1. The summed E-state index contributed by atoms with van der Waals surface area (Å²) in [5, 5.41) is 3.34. The first-order chi connectivity index (χ1) is 17.0. The number of benzene rings is 1. The van der Waals surface area contributed by atoms with E-state index in [1.165, 1.54) is 6.08 Å². The fourth-order valence-corrected chi connectivity index (χ4v) is 4.27. The highest BCUT2D eigenvalue weighted by molar-refractivity contribution is 6.05. The van der Waals surface area contributed by atoms with Crippen LogP contribution in [-0.4, -0.2) is 116 Å². The van der Waals surface area contributed by atoms with Gasteiger partial charge >= 0.3 is 0 Å². The first kappa shape index (κ1) is 25.0. The molecule has 2 saturated heterocycles. The molecule has 35 heavy (non-hydrogen) atoms. The SMILES string of the molecule is CN1CCN(CCNc2cccc(C(=O)C=Cc3ccc(C(=O)N4CCN(C)CC4)cc3)n2)CC1. The fraction of sp³-hybridized carbons (Fsp3) is 0.444. The average molecular weight is 477 g/mol. The molecule has 2 aromatic rings. The van der Waals surface area contributed by atoms with Crippen molar-refractivity contribution in [2.45, 2.75) is 0 Å². The number of piperazine rings is 2. The molecule has 1 aromatic heterocycles. The van der Waals surface area contributed by atoms with Gasteiger partial charge < -0.3 is 20.0 Å². The Kier molecular flexibility index (Phi) is 8.63. The second-order valence-electron chi connectivity index (χ2n) is 9.39. The van der Waals surface area contributed by atoms with Gasteiger partial charge in [0.2, 0.25) is 5.78 Å². The minimum absolute atomic E-state index is 0.0610. The number of allylic oxidation sites excluding steroid dienone is 1. The molecule has 2 aliphatic rings. The van der Waals surface area contributed by atoms with Crippen LogP contribution in [0.2, 0.25) is 0 Å². The Hall–Kier alpha value is -3.07. The molecule has 0 radical (unpaired) electrons. The zero-order valence-corrected chi connectivity index (χ0v) is 20.8. The number of carbonyl (C=O) groups is 2. The summed E-state index contributed by atoms with van der Waals surface area (Å²) in [4.78, 5) is 38.8. The second-order valence-corrected chi connectivity index (χ2v) is 9.39. The van der Waals surface area contributed by atoms with Crippen LogP contribution in [-0.2, 0) is 0 Å². The molecule has 8 heteroatoms. The number of likely N-dealkylation sites (N-methyl/N-ethyl adjacent to an activating group) is 2. The Morgan fingerprint density at radius 2 is 1.54 bits per heavy atom. The zero-order chi connectivity index (χ0) is 24.6. The lowest BCUT2D eigenvalue weighted by Crippen LogP contribution is -2.47. The number of rotatable bonds is 8. The van der Waals surface area contributed by atoms with Crippen molar-refractivity contribution in [1.82, 2.24) is 24.6 Å². The van der Waals surface area contributed by atoms with Crippen molar-refractivity contribution < 1.29 is 9.59 Å². The molecule has 186 valence electrons. The Labute approximate surface area is 208 Å². The lowest BCUT2D eigenvalue weighted by Gasteiger charge is -2.32. The van der Waals surface area contributed by atoms with Crippen LogP contribution in [0.15, 0.2) is 48.5 Å². The molecule has 0 unspecified atom stereocenters. The van der Waals surface area contributed by atoms with Gasteiger partial charge in [-0.2, -0.15) is 0 Å². The second kappa shape index (κ2) is 12.1. The standard InChI is InChI=1S/C27H36N6O2/c1-30-14-18-32(19-15-30)13-12-28-26-5-3-4-24(29-26)25(34)11-8-22-6-9-23(10-7-22)27(35)33-20-16-31(2)17-21-33/h3-11H,12-21H2,1-2H3,(H,28,29). The van der Waals surface area contributed by atoms with Crippen molar-refractivity contribution in [3.8, 4) is 0 Å². The summed E-state index contributed by atoms with van der Waals surface area (Å²) in [5.41, 5.74) is 1.96. The van der Waals surface area contributed by atoms with Crippen LogP contribution in [0.3, 0.4) is 0 Å². The molecule has 2 aliphatic heterocycles. The summed E-state index contributed by atoms with van der Waals surface area (Å²) in [5.74, 6) is 0.626. The van der Waals surface area contributed by atoms with Crippen LogP contribution in [0.1, 0.15) is 26.4 Å². The largest absolute Gasteiger partial charge is 0.369 e. The molecule has 2 fully saturated rings. The number of anilines is 1. The van der Waals surface area contributed by atoms with Gasteiger partial charge in [0.15, 0.2) is 0 Å². The third-order valence-electron chi connectivity index (χ3n) is 6.71. The first-order valence-corrected chi connectivity index (χ1v) is 12.4. The van der Waals surface area contributed by atoms with Crippen molar-refractivity contribution >= 4 is 23.6 Å². The summed E-state index contributed by atoms with van der Waals surface area (Å²) in [6.45, 7) is 9.42. The Bertz CT molecular complexity index is 1020. The molecule has 1 aromatic carbocycles. The summed E-state index contributed by atoms with van der Waals surface area (Å²) < 4.78 is 0. The minimum atomic E-state index is -0.148. The zero-order valence-electron chi connectivity index (χ0n) is 20.8. The number of amides is 1. The van der Waals surface area contributed by atoms with E-state index >= 15 is 0 Å². The first-order valence-electron chi connectivity index (χ1n) is 12.4. The van der Waals surface area contributed by atoms with Crippen molar-refractivity contribution in [2.24, 2.45) is 0 Å². The summed E-state index contributed by atoms with van der Waals surface area (Å²) in [6, 6.07) is 12.9. The van der Waals surface area contributed by atoms with Gasteiger partial charge in [0.25, 0.3) is 5.91 Å². The van der Waals surface area contributed by atoms with Gasteiger partial charge in [-0.25, -0.2) is 4.98 Å². The van der Waals surface area contributed by atoms with E-state index in [9.17, 15) is 9.59 Å². The van der Waals surface area contributed by atoms with Crippen LogP contribution in [0.4, 0.5) is 5.82 Å². The topological polar surface area (TPSA) is 72.0 Å². The monoisotopic (exact) mass is 476 g/mol. The molecular weight excluding hydrogens is 440 g/mol. The van der Waals surface area contributed by atoms with Gasteiger partial charge in [-0.3, -0.25) is 14.5 Å². The highest BCUT2D eigenvalue weighted by Crippen LogP contribution is 2.12. The Balaban J connectivity index is 1.27. The number of aromatic nitrogens is 1. The predicted octanol–water partition coefficient (Wildman–Crippen LogP) is 2.02. The van der Waals surface area contributed by atoms with Crippen molar-refractivity contribution in [2.75, 3.05) is 84.9 Å². The van der Waals surface area contributed by atoms with Crippen molar-refractivity contribution in [1.29, 1.82) is 0 Å². The van der Waals surface area contributed by atoms with Gasteiger partial charge in [0, 0.05) is 71.0 Å². The maximum absolute atomic E-state index is 12.7. The third kappa shape index (κ3) is 7.21. The number of carbonyl (C=O) groups excluding carboxylic acids is 2. The Morgan fingerprint density at radius 3 is 2.23 bits per heavy atom. The number of hydrogen-bond donors (Lipinski definition) is 1. The minimum Gasteiger partial charge on any atom is -0.369 e. The van der Waals surface area contributed by atoms with E-state index in [1.54, 1.807) is 12.1 Å². The molecule has 0 saturated carbocycles. The lowest BCUT2D eigenvalue weighted by molar-refractivity contribution is 0.0664. The molecular formula is C27H36N6O2. The molecule has 0 bridgehead atoms. The van der Waals surface area contributed by atoms with E-state index in [4.69, 9.17) is 0 Å². The van der Waals surface area contributed by atoms with Crippen LogP contribution in [0, 0.1) is 0 Å². The highest BCUT2D eigenvalue weighted by Gasteiger charge is 2.20. The highest BCUT2D eigenvalue weighted by atomic mass is 16.2. The molecule has 4 rings (SSSR count). The average Bonchev–Trinajstić information content (AvgIpc) is 2.89. The van der Waals surface area contributed by atoms with Crippen LogP contribution in [0.5, 0.6) is 0 Å². The molecule has 3 heterocycles. The van der Waals surface area contributed by atoms with E-state index < -0.39 is 0 Å². The number of ketones is 1. The molecule has 0 aliphatic carbocycles. The fourth-order valence-electron chi connectivity index (χ4n) is 4.27. The normalized spacial score (nSPS) is 18.2. The maximum Gasteiger partial charge on any atom is 0.253 e. The molecule has 0 spiro atoms. The third-order valence-corrected chi connectivity index (χ3v) is 6.71. The molecule has 1 N–H and O–H groups in total. The summed E-state index contributed by atoms with van der Waals surface area (Å²) in [6.07, 6.45) is 3.30. The van der Waals surface area contributed by atoms with E-state index in [0.717, 1.165) is 71.0 Å². The van der Waals surface area contributed by atoms with Gasteiger partial charge in [-0.05, 0) is 50.0 Å². The summed E-state index contributed by atoms with van der Waals surface area (Å²) in [7, 11) is 4.23. The van der Waals surface area contributed by atoms with Crippen molar-refractivity contribution in [3.63, 3.8) is 0 Å².